The summed E-state index contributed by atoms with van der Waals surface area (Å²) in [4.78, 5) is 0. The first-order chi connectivity index (χ1) is 13.6. The van der Waals surface area contributed by atoms with Crippen LogP contribution in [0.3, 0.4) is 0 Å². The Morgan fingerprint density at radius 2 is 0.893 bits per heavy atom. The summed E-state index contributed by atoms with van der Waals surface area (Å²) in [5.74, 6) is 8.81. The maximum atomic E-state index is 2.64. The zero-order valence-electron chi connectivity index (χ0n) is 18.9. The largest absolute Gasteiger partial charge is 0.0625 e. The van der Waals surface area contributed by atoms with Gasteiger partial charge in [0.15, 0.2) is 0 Å². The Bertz CT molecular complexity index is 525. The van der Waals surface area contributed by atoms with Crippen LogP contribution in [0.2, 0.25) is 0 Å². The fraction of sp³-hybridized carbons (Fsp3) is 1.00. The molecule has 0 nitrogen and oxygen atoms in total. The third-order valence-corrected chi connectivity index (χ3v) is 11.8. The summed E-state index contributed by atoms with van der Waals surface area (Å²) < 4.78 is 0. The molecule has 28 heavy (non-hydrogen) atoms. The van der Waals surface area contributed by atoms with E-state index in [9.17, 15) is 0 Å². The molecule has 0 aliphatic heterocycles. The maximum Gasteiger partial charge on any atom is -0.0263 e. The minimum atomic E-state index is 0.787. The highest BCUT2D eigenvalue weighted by atomic mass is 14.7. The van der Waals surface area contributed by atoms with Gasteiger partial charge in [-0.3, -0.25) is 0 Å². The monoisotopic (exact) mass is 382 g/mol. The Morgan fingerprint density at radius 3 is 1.29 bits per heavy atom. The molecule has 0 heteroatoms. The van der Waals surface area contributed by atoms with Gasteiger partial charge in [-0.05, 0) is 122 Å². The lowest BCUT2D eigenvalue weighted by Gasteiger charge is -2.70. The average molecular weight is 383 g/mol. The molecule has 6 saturated carbocycles. The Kier molecular flexibility index (Phi) is 4.52. The molecular weight excluding hydrogens is 336 g/mol. The second-order valence-corrected chi connectivity index (χ2v) is 13.3. The van der Waals surface area contributed by atoms with Crippen LogP contribution in [0, 0.1) is 58.2 Å². The molecule has 6 aliphatic rings. The molecule has 0 N–H and O–H groups in total. The van der Waals surface area contributed by atoms with Crippen molar-refractivity contribution in [3.8, 4) is 0 Å². The Hall–Kier alpha value is 0. The van der Waals surface area contributed by atoms with Gasteiger partial charge in [0.25, 0.3) is 0 Å². The van der Waals surface area contributed by atoms with Gasteiger partial charge in [0.05, 0.1) is 0 Å². The summed E-state index contributed by atoms with van der Waals surface area (Å²) in [5, 5.41) is 0. The highest BCUT2D eigenvalue weighted by Crippen LogP contribution is 2.72. The molecule has 0 bridgehead atoms. The molecule has 0 radical (unpaired) electrons. The fourth-order valence-corrected chi connectivity index (χ4v) is 11.3. The van der Waals surface area contributed by atoms with Crippen molar-refractivity contribution < 1.29 is 0 Å². The lowest BCUT2D eigenvalue weighted by molar-refractivity contribution is -0.208. The van der Waals surface area contributed by atoms with Gasteiger partial charge in [-0.1, -0.05) is 52.4 Å². The van der Waals surface area contributed by atoms with E-state index in [-0.39, 0.29) is 0 Å². The lowest BCUT2D eigenvalue weighted by atomic mass is 9.35. The summed E-state index contributed by atoms with van der Waals surface area (Å²) in [5.41, 5.74) is 1.57. The Labute approximate surface area is 175 Å². The van der Waals surface area contributed by atoms with Gasteiger partial charge in [0.2, 0.25) is 0 Å². The van der Waals surface area contributed by atoms with E-state index < -0.39 is 0 Å². The van der Waals surface area contributed by atoms with Crippen molar-refractivity contribution in [1.29, 1.82) is 0 Å². The lowest BCUT2D eigenvalue weighted by Crippen LogP contribution is -2.62. The molecule has 2 spiro atoms. The summed E-state index contributed by atoms with van der Waals surface area (Å²) in [6, 6.07) is 0. The predicted octanol–water partition coefficient (Wildman–Crippen LogP) is 8.25. The molecule has 8 atom stereocenters. The second kappa shape index (κ2) is 6.75. The third-order valence-electron chi connectivity index (χ3n) is 11.8. The maximum absolute atomic E-state index is 2.64. The van der Waals surface area contributed by atoms with Crippen LogP contribution in [0.5, 0.6) is 0 Å². The van der Waals surface area contributed by atoms with Crippen LogP contribution in [-0.2, 0) is 0 Å². The van der Waals surface area contributed by atoms with Crippen LogP contribution in [0.4, 0.5) is 0 Å². The highest BCUT2D eigenvalue weighted by Gasteiger charge is 2.64. The van der Waals surface area contributed by atoms with E-state index in [1.165, 1.54) is 12.8 Å². The number of rotatable bonds is 0. The van der Waals surface area contributed by atoms with E-state index in [0.717, 1.165) is 58.2 Å². The Balaban J connectivity index is 1.43. The topological polar surface area (TPSA) is 0 Å². The van der Waals surface area contributed by atoms with Crippen molar-refractivity contribution in [2.75, 3.05) is 0 Å². The quantitative estimate of drug-likeness (QED) is 0.395. The molecule has 0 aromatic heterocycles. The average Bonchev–Trinajstić information content (AvgIpc) is 2.68. The molecule has 6 aliphatic carbocycles. The van der Waals surface area contributed by atoms with Crippen LogP contribution in [0.15, 0.2) is 0 Å². The van der Waals surface area contributed by atoms with Gasteiger partial charge in [0, 0.05) is 0 Å². The summed E-state index contributed by atoms with van der Waals surface area (Å²) in [6.45, 7) is 5.28. The van der Waals surface area contributed by atoms with E-state index in [1.807, 2.05) is 0 Å². The minimum Gasteiger partial charge on any atom is -0.0625 e. The van der Waals surface area contributed by atoms with Crippen LogP contribution < -0.4 is 0 Å². The molecule has 0 saturated heterocycles. The summed E-state index contributed by atoms with van der Waals surface area (Å²) in [6.07, 6.45) is 25.5. The van der Waals surface area contributed by atoms with Gasteiger partial charge in [-0.15, -0.1) is 0 Å². The SMILES string of the molecule is CC1CC2CC3(CCCCC3)C3CC(C)CC4CC5(CCCCC5)C(C1)C2C43. The first-order valence-electron chi connectivity index (χ1n) is 13.6. The molecule has 0 amide bonds. The van der Waals surface area contributed by atoms with E-state index in [4.69, 9.17) is 0 Å². The van der Waals surface area contributed by atoms with Crippen molar-refractivity contribution in [1.82, 2.24) is 0 Å². The molecule has 0 aromatic carbocycles. The van der Waals surface area contributed by atoms with Crippen LogP contribution >= 0.6 is 0 Å². The Morgan fingerprint density at radius 1 is 0.500 bits per heavy atom. The van der Waals surface area contributed by atoms with Crippen molar-refractivity contribution in [3.63, 3.8) is 0 Å². The van der Waals surface area contributed by atoms with E-state index >= 15 is 0 Å². The summed E-state index contributed by atoms with van der Waals surface area (Å²) in [7, 11) is 0. The van der Waals surface area contributed by atoms with Crippen molar-refractivity contribution >= 4 is 0 Å². The third kappa shape index (κ3) is 2.67. The van der Waals surface area contributed by atoms with E-state index in [0.29, 0.717) is 0 Å². The highest BCUT2D eigenvalue weighted by molar-refractivity contribution is 5.13. The first-order valence-corrected chi connectivity index (χ1v) is 13.6. The first kappa shape index (κ1) is 18.7. The van der Waals surface area contributed by atoms with Crippen LogP contribution in [-0.4, -0.2) is 0 Å². The molecule has 0 aromatic rings. The minimum absolute atomic E-state index is 0.787. The zero-order chi connectivity index (χ0) is 18.9. The van der Waals surface area contributed by atoms with Crippen molar-refractivity contribution in [2.45, 2.75) is 117 Å². The smallest absolute Gasteiger partial charge is 0.0263 e. The predicted molar refractivity (Wildman–Crippen MR) is 118 cm³/mol. The molecular formula is C28H46. The standard InChI is InChI=1S/C28H46/c1-19-13-21-17-28(11-7-4-8-12-28)24-16-20(2)14-22-18-27(9-5-3-6-10-27)23(15-19)25(21)26(22)24/h19-26H,3-18H2,1-2H3. The van der Waals surface area contributed by atoms with E-state index in [1.54, 1.807) is 89.9 Å². The molecule has 6 fully saturated rings. The van der Waals surface area contributed by atoms with Gasteiger partial charge < -0.3 is 0 Å². The number of hydrogen-bond donors (Lipinski definition) is 0. The van der Waals surface area contributed by atoms with Gasteiger partial charge >= 0.3 is 0 Å². The van der Waals surface area contributed by atoms with Gasteiger partial charge in [-0.2, -0.15) is 0 Å². The van der Waals surface area contributed by atoms with Gasteiger partial charge in [-0.25, -0.2) is 0 Å². The normalized spacial score (nSPS) is 51.6. The fourth-order valence-electron chi connectivity index (χ4n) is 11.3. The van der Waals surface area contributed by atoms with Crippen molar-refractivity contribution in [2.24, 2.45) is 58.2 Å². The van der Waals surface area contributed by atoms with Crippen molar-refractivity contribution in [3.05, 3.63) is 0 Å². The van der Waals surface area contributed by atoms with Crippen LogP contribution in [0.1, 0.15) is 117 Å². The van der Waals surface area contributed by atoms with Crippen LogP contribution in [0.25, 0.3) is 0 Å². The molecule has 6 rings (SSSR count). The number of fused-ring (bicyclic) bond motifs is 2. The zero-order valence-corrected chi connectivity index (χ0v) is 18.9. The second-order valence-electron chi connectivity index (χ2n) is 13.3. The van der Waals surface area contributed by atoms with Gasteiger partial charge in [0.1, 0.15) is 0 Å². The summed E-state index contributed by atoms with van der Waals surface area (Å²) >= 11 is 0. The molecule has 8 unspecified atom stereocenters. The number of hydrogen-bond acceptors (Lipinski definition) is 0. The molecule has 158 valence electrons. The molecule has 0 heterocycles. The van der Waals surface area contributed by atoms with E-state index in [2.05, 4.69) is 13.8 Å².